The first-order valence-electron chi connectivity index (χ1n) is 10.5. The average molecular weight is 421 g/mol. The van der Waals surface area contributed by atoms with Crippen LogP contribution in [0.4, 0.5) is 5.69 Å². The molecule has 0 aromatic heterocycles. The minimum atomic E-state index is -0.127. The number of quaternary nitrogens is 1. The molecule has 2 atom stereocenters. The molecule has 6 nitrogen and oxygen atoms in total. The van der Waals surface area contributed by atoms with E-state index in [-0.39, 0.29) is 30.9 Å². The van der Waals surface area contributed by atoms with Gasteiger partial charge in [-0.3, -0.25) is 9.59 Å². The first kappa shape index (κ1) is 22.3. The smallest absolute Gasteiger partial charge is 0.279 e. The number of fused-ring (bicyclic) bond motifs is 1. The molecule has 0 bridgehead atoms. The second kappa shape index (κ2) is 10.6. The first-order valence-corrected chi connectivity index (χ1v) is 10.5. The van der Waals surface area contributed by atoms with E-state index >= 15 is 0 Å². The Morgan fingerprint density at radius 3 is 2.29 bits per heavy atom. The Kier molecular flexibility index (Phi) is 7.62. The lowest BCUT2D eigenvalue weighted by Crippen LogP contribution is -3.14. The first-order chi connectivity index (χ1) is 15.0. The Hall–Kier alpha value is -3.38. The molecule has 31 heavy (non-hydrogen) atoms. The van der Waals surface area contributed by atoms with Crippen LogP contribution in [0.1, 0.15) is 25.5 Å². The van der Waals surface area contributed by atoms with E-state index in [4.69, 9.17) is 4.74 Å². The zero-order chi connectivity index (χ0) is 22.2. The van der Waals surface area contributed by atoms with Gasteiger partial charge in [-0.1, -0.05) is 36.4 Å². The van der Waals surface area contributed by atoms with Crippen LogP contribution in [0.15, 0.2) is 66.7 Å². The van der Waals surface area contributed by atoms with Crippen LogP contribution in [0.3, 0.4) is 0 Å². The molecule has 162 valence electrons. The molecule has 0 heterocycles. The van der Waals surface area contributed by atoms with E-state index in [0.29, 0.717) is 12.2 Å². The molecule has 3 aromatic rings. The summed E-state index contributed by atoms with van der Waals surface area (Å²) in [4.78, 5) is 25.9. The molecule has 0 aliphatic rings. The van der Waals surface area contributed by atoms with E-state index in [9.17, 15) is 9.59 Å². The topological polar surface area (TPSA) is 71.9 Å². The summed E-state index contributed by atoms with van der Waals surface area (Å²) < 4.78 is 5.12. The minimum absolute atomic E-state index is 0.0743. The second-order valence-electron chi connectivity index (χ2n) is 7.63. The van der Waals surface area contributed by atoms with Gasteiger partial charge in [-0.2, -0.15) is 0 Å². The van der Waals surface area contributed by atoms with Crippen LogP contribution in [0, 0.1) is 0 Å². The van der Waals surface area contributed by atoms with Gasteiger partial charge in [-0.05, 0) is 60.5 Å². The number of carbonyl (C=O) groups is 2. The van der Waals surface area contributed by atoms with Gasteiger partial charge in [0.15, 0.2) is 13.1 Å². The maximum atomic E-state index is 12.6. The summed E-state index contributed by atoms with van der Waals surface area (Å²) in [6.07, 6.45) is 0. The summed E-state index contributed by atoms with van der Waals surface area (Å²) in [6.45, 7) is 5.08. The molecule has 2 amide bonds. The number of methoxy groups -OCH3 is 1. The van der Waals surface area contributed by atoms with E-state index in [2.05, 4.69) is 34.9 Å². The molecule has 3 aromatic carbocycles. The van der Waals surface area contributed by atoms with Crippen molar-refractivity contribution in [2.45, 2.75) is 19.9 Å². The van der Waals surface area contributed by atoms with Crippen molar-refractivity contribution in [2.24, 2.45) is 0 Å². The summed E-state index contributed by atoms with van der Waals surface area (Å²) in [5.41, 5.74) is 1.76. The maximum absolute atomic E-state index is 12.6. The van der Waals surface area contributed by atoms with E-state index in [1.165, 1.54) is 5.39 Å². The standard InChI is InChI=1S/C25H29N3O3/c1-4-28(17-25(30)27-22-11-13-23(31-3)14-12-22)16-24(29)26-18(2)20-10-9-19-7-5-6-8-21(19)15-20/h5-15,18H,4,16-17H2,1-3H3,(H,26,29)(H,27,30)/p+1/t18-/m0/s1. The van der Waals surface area contributed by atoms with Gasteiger partial charge in [0, 0.05) is 5.69 Å². The van der Waals surface area contributed by atoms with Crippen molar-refractivity contribution in [3.05, 3.63) is 72.3 Å². The third-order valence-corrected chi connectivity index (χ3v) is 5.35. The monoisotopic (exact) mass is 420 g/mol. The van der Waals surface area contributed by atoms with Gasteiger partial charge in [0.25, 0.3) is 11.8 Å². The van der Waals surface area contributed by atoms with Gasteiger partial charge in [-0.15, -0.1) is 0 Å². The predicted octanol–water partition coefficient (Wildman–Crippen LogP) is 2.57. The lowest BCUT2D eigenvalue weighted by molar-refractivity contribution is -0.881. The fraction of sp³-hybridized carbons (Fsp3) is 0.280. The number of likely N-dealkylation sites (N-methyl/N-ethyl adjacent to an activating group) is 1. The number of amides is 2. The summed E-state index contributed by atoms with van der Waals surface area (Å²) in [5.74, 6) is 0.531. The number of anilines is 1. The molecular weight excluding hydrogens is 390 g/mol. The van der Waals surface area contributed by atoms with Crippen molar-refractivity contribution in [3.8, 4) is 5.75 Å². The fourth-order valence-electron chi connectivity index (χ4n) is 3.50. The molecule has 3 N–H and O–H groups in total. The number of hydrogen-bond donors (Lipinski definition) is 3. The van der Waals surface area contributed by atoms with Gasteiger partial charge in [0.05, 0.1) is 19.7 Å². The molecule has 3 rings (SSSR count). The summed E-state index contributed by atoms with van der Waals surface area (Å²) >= 11 is 0. The Bertz CT molecular complexity index is 1030. The largest absolute Gasteiger partial charge is 0.497 e. The molecule has 0 spiro atoms. The number of nitrogens with one attached hydrogen (secondary N) is 3. The minimum Gasteiger partial charge on any atom is -0.497 e. The molecular formula is C25H30N3O3+. The zero-order valence-electron chi connectivity index (χ0n) is 18.3. The number of rotatable bonds is 9. The van der Waals surface area contributed by atoms with Gasteiger partial charge in [0.1, 0.15) is 5.75 Å². The SMILES string of the molecule is CC[NH+](CC(=O)Nc1ccc(OC)cc1)CC(=O)N[C@@H](C)c1ccc2ccccc2c1. The van der Waals surface area contributed by atoms with Crippen molar-refractivity contribution in [1.29, 1.82) is 0 Å². The summed E-state index contributed by atoms with van der Waals surface area (Å²) in [5, 5.41) is 8.25. The van der Waals surface area contributed by atoms with Gasteiger partial charge in [-0.25, -0.2) is 0 Å². The number of hydrogen-bond acceptors (Lipinski definition) is 3. The highest BCUT2D eigenvalue weighted by Crippen LogP contribution is 2.20. The predicted molar refractivity (Wildman–Crippen MR) is 123 cm³/mol. The molecule has 0 fully saturated rings. The normalized spacial score (nSPS) is 12.7. The van der Waals surface area contributed by atoms with Crippen molar-refractivity contribution in [3.63, 3.8) is 0 Å². The number of ether oxygens (including phenoxy) is 1. The van der Waals surface area contributed by atoms with Gasteiger partial charge in [0.2, 0.25) is 0 Å². The third kappa shape index (κ3) is 6.30. The van der Waals surface area contributed by atoms with Crippen LogP contribution in [0.5, 0.6) is 5.75 Å². The highest BCUT2D eigenvalue weighted by molar-refractivity contribution is 5.91. The maximum Gasteiger partial charge on any atom is 0.279 e. The van der Waals surface area contributed by atoms with E-state index in [0.717, 1.165) is 21.6 Å². The molecule has 0 saturated carbocycles. The van der Waals surface area contributed by atoms with Crippen LogP contribution >= 0.6 is 0 Å². The van der Waals surface area contributed by atoms with Crippen LogP contribution in [-0.4, -0.2) is 38.6 Å². The molecule has 6 heteroatoms. The highest BCUT2D eigenvalue weighted by Gasteiger charge is 2.18. The number of benzene rings is 3. The average Bonchev–Trinajstić information content (AvgIpc) is 2.78. The summed E-state index contributed by atoms with van der Waals surface area (Å²) in [6, 6.07) is 21.4. The van der Waals surface area contributed by atoms with Crippen molar-refractivity contribution >= 4 is 28.3 Å². The van der Waals surface area contributed by atoms with Crippen LogP contribution < -0.4 is 20.3 Å². The van der Waals surface area contributed by atoms with Crippen LogP contribution in [0.2, 0.25) is 0 Å². The highest BCUT2D eigenvalue weighted by atomic mass is 16.5. The third-order valence-electron chi connectivity index (χ3n) is 5.35. The van der Waals surface area contributed by atoms with E-state index in [1.807, 2.05) is 32.0 Å². The van der Waals surface area contributed by atoms with Crippen LogP contribution in [-0.2, 0) is 9.59 Å². The molecule has 0 saturated heterocycles. The van der Waals surface area contributed by atoms with Crippen molar-refractivity contribution < 1.29 is 19.2 Å². The van der Waals surface area contributed by atoms with Crippen molar-refractivity contribution in [2.75, 3.05) is 32.1 Å². The van der Waals surface area contributed by atoms with E-state index in [1.54, 1.807) is 31.4 Å². The Morgan fingerprint density at radius 2 is 1.61 bits per heavy atom. The number of carbonyl (C=O) groups excluding carboxylic acids is 2. The zero-order valence-corrected chi connectivity index (χ0v) is 18.3. The molecule has 1 unspecified atom stereocenters. The summed E-state index contributed by atoms with van der Waals surface area (Å²) in [7, 11) is 1.60. The Labute approximate surface area is 183 Å². The quantitative estimate of drug-likeness (QED) is 0.498. The second-order valence-corrected chi connectivity index (χ2v) is 7.63. The van der Waals surface area contributed by atoms with Gasteiger partial charge >= 0.3 is 0 Å². The van der Waals surface area contributed by atoms with Crippen LogP contribution in [0.25, 0.3) is 10.8 Å². The molecule has 0 aliphatic heterocycles. The van der Waals surface area contributed by atoms with Crippen molar-refractivity contribution in [1.82, 2.24) is 5.32 Å². The lowest BCUT2D eigenvalue weighted by Gasteiger charge is -2.19. The lowest BCUT2D eigenvalue weighted by atomic mass is 10.0. The molecule has 0 aliphatic carbocycles. The molecule has 0 radical (unpaired) electrons. The Morgan fingerprint density at radius 1 is 0.935 bits per heavy atom. The fourth-order valence-corrected chi connectivity index (χ4v) is 3.50. The Balaban J connectivity index is 1.52. The van der Waals surface area contributed by atoms with Gasteiger partial charge < -0.3 is 20.3 Å². The van der Waals surface area contributed by atoms with E-state index < -0.39 is 0 Å².